The van der Waals surface area contributed by atoms with E-state index in [4.69, 9.17) is 5.11 Å². The van der Waals surface area contributed by atoms with E-state index in [1.54, 1.807) is 12.4 Å². The van der Waals surface area contributed by atoms with Gasteiger partial charge in [0.15, 0.2) is 0 Å². The normalized spacial score (nSPS) is 19.0. The van der Waals surface area contributed by atoms with Crippen LogP contribution in [0.4, 0.5) is 0 Å². The molecule has 2 aromatic rings. The predicted octanol–water partition coefficient (Wildman–Crippen LogP) is 3.66. The minimum atomic E-state index is -0.725. The highest BCUT2D eigenvalue weighted by molar-refractivity contribution is 5.94. The zero-order valence-electron chi connectivity index (χ0n) is 15.1. The summed E-state index contributed by atoms with van der Waals surface area (Å²) in [5, 5.41) is 12.1. The van der Waals surface area contributed by atoms with E-state index >= 15 is 0 Å². The number of carboxylic acids is 1. The fourth-order valence-electron chi connectivity index (χ4n) is 3.41. The van der Waals surface area contributed by atoms with E-state index in [1.807, 2.05) is 36.4 Å². The second kappa shape index (κ2) is 10.1. The molecule has 3 rings (SSSR count). The molecule has 1 aromatic carbocycles. The Balaban J connectivity index is 0.00000261. The average molecular weight is 389 g/mol. The van der Waals surface area contributed by atoms with Gasteiger partial charge in [-0.25, -0.2) is 0 Å². The number of pyridine rings is 1. The lowest BCUT2D eigenvalue weighted by Crippen LogP contribution is -2.38. The minimum Gasteiger partial charge on any atom is -0.481 e. The van der Waals surface area contributed by atoms with Crippen molar-refractivity contribution in [1.29, 1.82) is 0 Å². The second-order valence-corrected chi connectivity index (χ2v) is 6.91. The van der Waals surface area contributed by atoms with Crippen molar-refractivity contribution in [3.8, 4) is 0 Å². The van der Waals surface area contributed by atoms with Crippen LogP contribution >= 0.6 is 12.4 Å². The standard InChI is InChI=1S/C21H24N2O3.ClH/c24-20(23-19-9-7-18(8-10-19)21(25)26)17-5-3-15(4-6-17)1-2-16-11-13-22-14-12-16;/h3-6,11-14,18-19H,1-2,7-10H2,(H,23,24)(H,25,26);1H. The summed E-state index contributed by atoms with van der Waals surface area (Å²) in [5.74, 6) is -1.07. The zero-order chi connectivity index (χ0) is 18.4. The van der Waals surface area contributed by atoms with Crippen molar-refractivity contribution in [3.05, 3.63) is 65.5 Å². The summed E-state index contributed by atoms with van der Waals surface area (Å²) in [6.45, 7) is 0. The third-order valence-corrected chi connectivity index (χ3v) is 5.08. The maximum atomic E-state index is 12.4. The molecule has 1 aliphatic carbocycles. The van der Waals surface area contributed by atoms with E-state index < -0.39 is 5.97 Å². The number of amides is 1. The molecule has 0 bridgehead atoms. The number of aliphatic carboxylic acids is 1. The molecule has 27 heavy (non-hydrogen) atoms. The molecule has 0 radical (unpaired) electrons. The molecule has 1 amide bonds. The Morgan fingerprint density at radius 2 is 1.48 bits per heavy atom. The molecule has 0 aliphatic heterocycles. The van der Waals surface area contributed by atoms with Crippen LogP contribution in [-0.2, 0) is 17.6 Å². The van der Waals surface area contributed by atoms with Crippen LogP contribution in [0, 0.1) is 5.92 Å². The predicted molar refractivity (Wildman–Crippen MR) is 106 cm³/mol. The third-order valence-electron chi connectivity index (χ3n) is 5.08. The highest BCUT2D eigenvalue weighted by Crippen LogP contribution is 2.24. The SMILES string of the molecule is Cl.O=C(NC1CCC(C(=O)O)CC1)c1ccc(CCc2ccncc2)cc1. The fourth-order valence-corrected chi connectivity index (χ4v) is 3.41. The average Bonchev–Trinajstić information content (AvgIpc) is 2.68. The van der Waals surface area contributed by atoms with E-state index in [2.05, 4.69) is 10.3 Å². The summed E-state index contributed by atoms with van der Waals surface area (Å²) < 4.78 is 0. The van der Waals surface area contributed by atoms with Gasteiger partial charge in [-0.2, -0.15) is 0 Å². The fraction of sp³-hybridized carbons (Fsp3) is 0.381. The number of carbonyl (C=O) groups excluding carboxylic acids is 1. The van der Waals surface area contributed by atoms with Crippen LogP contribution in [0.1, 0.15) is 47.2 Å². The van der Waals surface area contributed by atoms with Crippen LogP contribution in [0.15, 0.2) is 48.8 Å². The van der Waals surface area contributed by atoms with E-state index in [0.717, 1.165) is 25.7 Å². The van der Waals surface area contributed by atoms with Crippen molar-refractivity contribution < 1.29 is 14.7 Å². The molecule has 1 aromatic heterocycles. The van der Waals surface area contributed by atoms with Gasteiger partial charge in [0.25, 0.3) is 5.91 Å². The lowest BCUT2D eigenvalue weighted by atomic mass is 9.86. The van der Waals surface area contributed by atoms with Crippen LogP contribution < -0.4 is 5.32 Å². The van der Waals surface area contributed by atoms with Crippen LogP contribution in [0.3, 0.4) is 0 Å². The van der Waals surface area contributed by atoms with Gasteiger partial charge >= 0.3 is 5.97 Å². The van der Waals surface area contributed by atoms with Gasteiger partial charge in [0.2, 0.25) is 0 Å². The van der Waals surface area contributed by atoms with Gasteiger partial charge in [0, 0.05) is 24.0 Å². The van der Waals surface area contributed by atoms with Crippen LogP contribution in [0.2, 0.25) is 0 Å². The number of hydrogen-bond donors (Lipinski definition) is 2. The van der Waals surface area contributed by atoms with E-state index in [9.17, 15) is 9.59 Å². The minimum absolute atomic E-state index is 0. The molecule has 0 unspecified atom stereocenters. The Morgan fingerprint density at radius 3 is 2.04 bits per heavy atom. The molecule has 144 valence electrons. The van der Waals surface area contributed by atoms with Crippen molar-refractivity contribution in [1.82, 2.24) is 10.3 Å². The molecule has 1 saturated carbocycles. The molecule has 1 aliphatic rings. The molecule has 1 heterocycles. The number of aryl methyl sites for hydroxylation is 2. The Morgan fingerprint density at radius 1 is 0.926 bits per heavy atom. The number of halogens is 1. The maximum absolute atomic E-state index is 12.4. The number of benzene rings is 1. The number of rotatable bonds is 6. The molecule has 0 atom stereocenters. The van der Waals surface area contributed by atoms with Gasteiger partial charge in [0.1, 0.15) is 0 Å². The van der Waals surface area contributed by atoms with E-state index in [-0.39, 0.29) is 30.3 Å². The Kier molecular flexibility index (Phi) is 7.80. The number of nitrogens with one attached hydrogen (secondary N) is 1. The summed E-state index contributed by atoms with van der Waals surface area (Å²) in [4.78, 5) is 27.4. The van der Waals surface area contributed by atoms with Crippen molar-refractivity contribution in [2.24, 2.45) is 5.92 Å². The second-order valence-electron chi connectivity index (χ2n) is 6.91. The van der Waals surface area contributed by atoms with Gasteiger partial charge in [-0.3, -0.25) is 14.6 Å². The van der Waals surface area contributed by atoms with Gasteiger partial charge in [0.05, 0.1) is 5.92 Å². The molecular formula is C21H25ClN2O3. The highest BCUT2D eigenvalue weighted by Gasteiger charge is 2.26. The summed E-state index contributed by atoms with van der Waals surface area (Å²) in [7, 11) is 0. The summed E-state index contributed by atoms with van der Waals surface area (Å²) >= 11 is 0. The largest absolute Gasteiger partial charge is 0.481 e. The summed E-state index contributed by atoms with van der Waals surface area (Å²) in [6.07, 6.45) is 8.19. The molecular weight excluding hydrogens is 364 g/mol. The molecule has 2 N–H and O–H groups in total. The topological polar surface area (TPSA) is 79.3 Å². The Labute approximate surface area is 165 Å². The number of carbonyl (C=O) groups is 2. The number of nitrogens with zero attached hydrogens (tertiary/aromatic N) is 1. The molecule has 1 fully saturated rings. The third kappa shape index (κ3) is 6.07. The molecule has 5 nitrogen and oxygen atoms in total. The van der Waals surface area contributed by atoms with Gasteiger partial charge in [-0.05, 0) is 73.9 Å². The summed E-state index contributed by atoms with van der Waals surface area (Å²) in [6, 6.07) is 11.8. The smallest absolute Gasteiger partial charge is 0.306 e. The first-order valence-electron chi connectivity index (χ1n) is 9.13. The van der Waals surface area contributed by atoms with E-state index in [0.29, 0.717) is 18.4 Å². The van der Waals surface area contributed by atoms with E-state index in [1.165, 1.54) is 11.1 Å². The monoisotopic (exact) mass is 388 g/mol. The number of aromatic nitrogens is 1. The lowest BCUT2D eigenvalue weighted by molar-refractivity contribution is -0.142. The first-order valence-corrected chi connectivity index (χ1v) is 9.13. The maximum Gasteiger partial charge on any atom is 0.306 e. The zero-order valence-corrected chi connectivity index (χ0v) is 16.0. The Bertz CT molecular complexity index is 742. The van der Waals surface area contributed by atoms with Crippen molar-refractivity contribution in [2.75, 3.05) is 0 Å². The van der Waals surface area contributed by atoms with Crippen LogP contribution in [-0.4, -0.2) is 28.0 Å². The van der Waals surface area contributed by atoms with Crippen LogP contribution in [0.5, 0.6) is 0 Å². The van der Waals surface area contributed by atoms with Crippen LogP contribution in [0.25, 0.3) is 0 Å². The Hall–Kier alpha value is -2.40. The van der Waals surface area contributed by atoms with Crippen molar-refractivity contribution in [3.63, 3.8) is 0 Å². The quantitative estimate of drug-likeness (QED) is 0.791. The first-order chi connectivity index (χ1) is 12.6. The molecule has 6 heteroatoms. The number of hydrogen-bond acceptors (Lipinski definition) is 3. The summed E-state index contributed by atoms with van der Waals surface area (Å²) in [5.41, 5.74) is 3.09. The highest BCUT2D eigenvalue weighted by atomic mass is 35.5. The molecule has 0 spiro atoms. The van der Waals surface area contributed by atoms with Gasteiger partial charge in [-0.1, -0.05) is 12.1 Å². The van der Waals surface area contributed by atoms with Crippen molar-refractivity contribution >= 4 is 24.3 Å². The molecule has 0 saturated heterocycles. The lowest BCUT2D eigenvalue weighted by Gasteiger charge is -2.26. The van der Waals surface area contributed by atoms with Gasteiger partial charge in [-0.15, -0.1) is 12.4 Å². The van der Waals surface area contributed by atoms with Crippen molar-refractivity contribution in [2.45, 2.75) is 44.6 Å². The van der Waals surface area contributed by atoms with Gasteiger partial charge < -0.3 is 10.4 Å². The number of carboxylic acid groups (broad SMARTS) is 1. The first kappa shape index (κ1) is 20.9.